The van der Waals surface area contributed by atoms with Crippen molar-refractivity contribution < 1.29 is 4.79 Å². The smallest absolute Gasteiger partial charge is 0.259 e. The van der Waals surface area contributed by atoms with Crippen LogP contribution < -0.4 is 10.9 Å². The molecule has 30 heavy (non-hydrogen) atoms. The zero-order chi connectivity index (χ0) is 21.7. The fraction of sp³-hybridized carbons (Fsp3) is 0.667. The average molecular weight is 452 g/mol. The Bertz CT molecular complexity index is 918. The number of hydrogen-bond acceptors (Lipinski definition) is 7. The van der Waals surface area contributed by atoms with Crippen molar-refractivity contribution in [1.82, 2.24) is 25.1 Å². The van der Waals surface area contributed by atoms with Crippen LogP contribution in [0, 0.1) is 13.8 Å². The Hall–Kier alpha value is -1.42. The van der Waals surface area contributed by atoms with E-state index >= 15 is 0 Å². The molecule has 1 atom stereocenters. The number of carbonyl (C=O) groups excluding carboxylic acids is 1. The summed E-state index contributed by atoms with van der Waals surface area (Å²) >= 11 is 3.05. The third-order valence-electron chi connectivity index (χ3n) is 5.72. The van der Waals surface area contributed by atoms with Gasteiger partial charge in [0.05, 0.1) is 16.4 Å². The normalized spacial score (nSPS) is 16.8. The number of hydrogen-bond donors (Lipinski definition) is 2. The first-order valence-electron chi connectivity index (χ1n) is 10.6. The van der Waals surface area contributed by atoms with Crippen molar-refractivity contribution >= 4 is 39.2 Å². The van der Waals surface area contributed by atoms with E-state index in [9.17, 15) is 9.59 Å². The lowest BCUT2D eigenvalue weighted by Gasteiger charge is -2.32. The maximum Gasteiger partial charge on any atom is 0.259 e. The molecule has 1 aliphatic heterocycles. The number of aryl methyl sites for hydroxylation is 2. The number of H-pyrrole nitrogens is 1. The molecule has 0 radical (unpaired) electrons. The van der Waals surface area contributed by atoms with Gasteiger partial charge >= 0.3 is 0 Å². The number of likely N-dealkylation sites (N-methyl/N-ethyl adjacent to an activating group) is 1. The third kappa shape index (κ3) is 6.06. The van der Waals surface area contributed by atoms with Crippen molar-refractivity contribution in [3.8, 4) is 0 Å². The molecular formula is C21H33N5O2S2. The van der Waals surface area contributed by atoms with Gasteiger partial charge in [-0.3, -0.25) is 9.59 Å². The number of aromatic amines is 1. The minimum atomic E-state index is -0.185. The first-order valence-corrected chi connectivity index (χ1v) is 12.5. The number of thiophene rings is 1. The van der Waals surface area contributed by atoms with Crippen LogP contribution >= 0.6 is 23.1 Å². The van der Waals surface area contributed by atoms with E-state index in [1.54, 1.807) is 11.3 Å². The molecule has 3 heterocycles. The molecule has 0 aliphatic carbocycles. The van der Waals surface area contributed by atoms with E-state index in [4.69, 9.17) is 0 Å². The van der Waals surface area contributed by atoms with Crippen molar-refractivity contribution in [3.63, 3.8) is 0 Å². The van der Waals surface area contributed by atoms with E-state index in [0.29, 0.717) is 23.5 Å². The van der Waals surface area contributed by atoms with Gasteiger partial charge in [0.25, 0.3) is 5.56 Å². The molecule has 0 bridgehead atoms. The molecule has 2 aromatic heterocycles. The molecule has 7 nitrogen and oxygen atoms in total. The van der Waals surface area contributed by atoms with Crippen LogP contribution in [0.25, 0.3) is 10.2 Å². The number of nitrogens with zero attached hydrogens (tertiary/aromatic N) is 3. The first kappa shape index (κ1) is 23.2. The van der Waals surface area contributed by atoms with Gasteiger partial charge in [0, 0.05) is 37.6 Å². The third-order valence-corrected chi connectivity index (χ3v) is 7.98. The topological polar surface area (TPSA) is 81.3 Å². The van der Waals surface area contributed by atoms with Crippen molar-refractivity contribution in [2.75, 3.05) is 46.3 Å². The van der Waals surface area contributed by atoms with Gasteiger partial charge in [0.2, 0.25) is 5.91 Å². The second-order valence-corrected chi connectivity index (χ2v) is 10.6. The van der Waals surface area contributed by atoms with Gasteiger partial charge in [-0.25, -0.2) is 4.98 Å². The number of amides is 1. The number of carbonyl (C=O) groups is 1. The molecule has 0 saturated carbocycles. The number of piperazine rings is 1. The summed E-state index contributed by atoms with van der Waals surface area (Å²) in [6, 6.07) is 0. The molecule has 1 amide bonds. The van der Waals surface area contributed by atoms with E-state index in [-0.39, 0.29) is 16.7 Å². The Kier molecular flexibility index (Phi) is 8.33. The zero-order valence-corrected chi connectivity index (χ0v) is 20.0. The van der Waals surface area contributed by atoms with Crippen molar-refractivity contribution in [3.05, 3.63) is 26.6 Å². The molecule has 1 saturated heterocycles. The Balaban J connectivity index is 1.37. The van der Waals surface area contributed by atoms with Gasteiger partial charge < -0.3 is 20.1 Å². The van der Waals surface area contributed by atoms with Gasteiger partial charge in [-0.15, -0.1) is 23.1 Å². The summed E-state index contributed by atoms with van der Waals surface area (Å²) in [5.41, 5.74) is 0.915. The van der Waals surface area contributed by atoms with Crippen LogP contribution in [0.3, 0.4) is 0 Å². The van der Waals surface area contributed by atoms with E-state index in [2.05, 4.69) is 32.1 Å². The fourth-order valence-corrected chi connectivity index (χ4v) is 5.36. The Morgan fingerprint density at radius 2 is 2.00 bits per heavy atom. The standard InChI is InChI=1S/C21H33N5O2S2/c1-14-15(2)30-21-18(14)20(28)23-17(24-21)13-29-16(3)19(27)22-7-5-6-8-26-11-9-25(4)10-12-26/h16H,5-13H2,1-4H3,(H,22,27)(H,23,24,28). The molecule has 2 aromatic rings. The molecular weight excluding hydrogens is 418 g/mol. The highest BCUT2D eigenvalue weighted by molar-refractivity contribution is 7.99. The SMILES string of the molecule is Cc1sc2nc(CSC(C)C(=O)NCCCCN3CCN(C)CC3)[nH]c(=O)c2c1C. The Morgan fingerprint density at radius 1 is 1.27 bits per heavy atom. The summed E-state index contributed by atoms with van der Waals surface area (Å²) in [6.07, 6.45) is 2.11. The van der Waals surface area contributed by atoms with Crippen LogP contribution in [0.15, 0.2) is 4.79 Å². The minimum Gasteiger partial charge on any atom is -0.355 e. The average Bonchev–Trinajstić information content (AvgIpc) is 3.01. The number of aromatic nitrogens is 2. The van der Waals surface area contributed by atoms with Crippen molar-refractivity contribution in [2.45, 2.75) is 44.6 Å². The Morgan fingerprint density at radius 3 is 2.73 bits per heavy atom. The summed E-state index contributed by atoms with van der Waals surface area (Å²) < 4.78 is 0. The minimum absolute atomic E-state index is 0.0471. The number of thioether (sulfide) groups is 1. The molecule has 1 aliphatic rings. The van der Waals surface area contributed by atoms with Crippen molar-refractivity contribution in [1.29, 1.82) is 0 Å². The number of unbranched alkanes of at least 4 members (excludes halogenated alkanes) is 1. The molecule has 0 spiro atoms. The predicted molar refractivity (Wildman–Crippen MR) is 127 cm³/mol. The molecule has 9 heteroatoms. The van der Waals surface area contributed by atoms with Crippen LogP contribution in [0.5, 0.6) is 0 Å². The monoisotopic (exact) mass is 451 g/mol. The lowest BCUT2D eigenvalue weighted by atomic mass is 10.2. The Labute approximate surface area is 186 Å². The summed E-state index contributed by atoms with van der Waals surface area (Å²) in [4.78, 5) is 38.9. The number of rotatable bonds is 9. The number of nitrogens with one attached hydrogen (secondary N) is 2. The lowest BCUT2D eigenvalue weighted by Crippen LogP contribution is -2.44. The van der Waals surface area contributed by atoms with E-state index < -0.39 is 0 Å². The maximum absolute atomic E-state index is 12.4. The highest BCUT2D eigenvalue weighted by atomic mass is 32.2. The van der Waals surface area contributed by atoms with Crippen molar-refractivity contribution in [2.24, 2.45) is 0 Å². The van der Waals surface area contributed by atoms with Crippen LogP contribution in [0.4, 0.5) is 0 Å². The van der Waals surface area contributed by atoms with Gasteiger partial charge in [0.1, 0.15) is 10.7 Å². The number of fused-ring (bicyclic) bond motifs is 1. The quantitative estimate of drug-likeness (QED) is 0.570. The molecule has 166 valence electrons. The summed E-state index contributed by atoms with van der Waals surface area (Å²) in [5.74, 6) is 1.19. The predicted octanol–water partition coefficient (Wildman–Crippen LogP) is 2.37. The zero-order valence-electron chi connectivity index (χ0n) is 18.4. The second-order valence-electron chi connectivity index (χ2n) is 8.07. The van der Waals surface area contributed by atoms with Gasteiger partial charge in [0.15, 0.2) is 0 Å². The largest absolute Gasteiger partial charge is 0.355 e. The maximum atomic E-state index is 12.4. The molecule has 3 rings (SSSR count). The molecule has 1 unspecified atom stereocenters. The van der Waals surface area contributed by atoms with E-state index in [1.165, 1.54) is 11.8 Å². The van der Waals surface area contributed by atoms with E-state index in [0.717, 1.165) is 60.8 Å². The highest BCUT2D eigenvalue weighted by Crippen LogP contribution is 2.26. The van der Waals surface area contributed by atoms with E-state index in [1.807, 2.05) is 20.8 Å². The molecule has 1 fully saturated rings. The summed E-state index contributed by atoms with van der Waals surface area (Å²) in [5, 5.41) is 3.54. The first-order chi connectivity index (χ1) is 14.3. The summed E-state index contributed by atoms with van der Waals surface area (Å²) in [6.45, 7) is 12.3. The summed E-state index contributed by atoms with van der Waals surface area (Å²) in [7, 11) is 2.17. The van der Waals surface area contributed by atoms with Gasteiger partial charge in [-0.05, 0) is 52.8 Å². The van der Waals surface area contributed by atoms with Crippen LogP contribution in [-0.2, 0) is 10.5 Å². The lowest BCUT2D eigenvalue weighted by molar-refractivity contribution is -0.120. The highest BCUT2D eigenvalue weighted by Gasteiger charge is 2.16. The fourth-order valence-electron chi connectivity index (χ4n) is 3.53. The van der Waals surface area contributed by atoms with Crippen LogP contribution in [0.2, 0.25) is 0 Å². The van der Waals surface area contributed by atoms with Crippen LogP contribution in [-0.4, -0.2) is 77.2 Å². The second kappa shape index (κ2) is 10.7. The van der Waals surface area contributed by atoms with Gasteiger partial charge in [-0.1, -0.05) is 0 Å². The van der Waals surface area contributed by atoms with Gasteiger partial charge in [-0.2, -0.15) is 0 Å². The molecule has 2 N–H and O–H groups in total. The van der Waals surface area contributed by atoms with Crippen LogP contribution in [0.1, 0.15) is 36.0 Å². The molecule has 0 aromatic carbocycles.